The van der Waals surface area contributed by atoms with Gasteiger partial charge in [-0.25, -0.2) is 0 Å². The van der Waals surface area contributed by atoms with Gasteiger partial charge in [0.15, 0.2) is 0 Å². The minimum Gasteiger partial charge on any atom is -0.674 e. The van der Waals surface area contributed by atoms with Crippen molar-refractivity contribution in [1.29, 1.82) is 0 Å². The van der Waals surface area contributed by atoms with Gasteiger partial charge < -0.3 is 5.32 Å². The average Bonchev–Trinajstić information content (AvgIpc) is 2.99. The van der Waals surface area contributed by atoms with Gasteiger partial charge >= 0.3 is 26.2 Å². The molecule has 0 aliphatic heterocycles. The summed E-state index contributed by atoms with van der Waals surface area (Å²) in [4.78, 5) is 4.75. The summed E-state index contributed by atoms with van der Waals surface area (Å²) >= 11 is 0. The van der Waals surface area contributed by atoms with Gasteiger partial charge in [0, 0.05) is 6.54 Å². The summed E-state index contributed by atoms with van der Waals surface area (Å²) in [7, 11) is 0. The third kappa shape index (κ3) is 17.8. The van der Waals surface area contributed by atoms with Crippen LogP contribution in [0.3, 0.4) is 0 Å². The van der Waals surface area contributed by atoms with Crippen LogP contribution in [0.15, 0.2) is 114 Å². The van der Waals surface area contributed by atoms with E-state index in [9.17, 15) is 0 Å². The number of para-hydroxylation sites is 1. The molecule has 4 rings (SSSR count). The second-order valence-electron chi connectivity index (χ2n) is 12.0. The number of rotatable bonds is 8. The minimum absolute atomic E-state index is 0. The van der Waals surface area contributed by atoms with Crippen LogP contribution in [-0.2, 0) is 26.2 Å². The molecule has 0 unspecified atom stereocenters. The fraction of sp³-hybridized carbons (Fsp3) is 0.333. The number of hydrogen-bond donors (Lipinski definition) is 0. The second-order valence-corrected chi connectivity index (χ2v) is 12.0. The molecule has 0 amide bonds. The molecule has 0 radical (unpaired) electrons. The van der Waals surface area contributed by atoms with Crippen molar-refractivity contribution in [3.8, 4) is 0 Å². The summed E-state index contributed by atoms with van der Waals surface area (Å²) in [5.41, 5.74) is 7.93. The molecule has 0 heterocycles. The van der Waals surface area contributed by atoms with Gasteiger partial charge in [-0.2, -0.15) is 73.9 Å². The molecule has 0 aliphatic carbocycles. The first-order chi connectivity index (χ1) is 20.9. The van der Waals surface area contributed by atoms with E-state index in [-0.39, 0.29) is 31.7 Å². The van der Waals surface area contributed by atoms with Crippen LogP contribution >= 0.6 is 0 Å². The number of unbranched alkanes of at least 4 members (excludes halogenated alkanes) is 1. The van der Waals surface area contributed by atoms with Crippen LogP contribution < -0.4 is 0 Å². The molecule has 0 aliphatic rings. The van der Waals surface area contributed by atoms with Gasteiger partial charge in [-0.3, -0.25) is 4.99 Å². The van der Waals surface area contributed by atoms with Gasteiger partial charge in [-0.1, -0.05) is 108 Å². The summed E-state index contributed by atoms with van der Waals surface area (Å²) in [6.07, 6.45) is 2.33. The van der Waals surface area contributed by atoms with Crippen LogP contribution in [0, 0.1) is 20.8 Å². The van der Waals surface area contributed by atoms with E-state index in [4.69, 9.17) is 10.3 Å². The van der Waals surface area contributed by atoms with Crippen molar-refractivity contribution in [3.63, 3.8) is 0 Å². The molecule has 0 fully saturated rings. The normalized spacial score (nSPS) is 10.7. The molecule has 238 valence electrons. The van der Waals surface area contributed by atoms with Crippen LogP contribution in [0.1, 0.15) is 108 Å². The number of nitrogens with zero attached hydrogens (tertiary/aromatic N) is 2. The Kier molecular flexibility index (Phi) is 21.6. The first kappa shape index (κ1) is 41.8. The maximum Gasteiger partial charge on any atom is 4.00 e. The van der Waals surface area contributed by atoms with Gasteiger partial charge in [0.2, 0.25) is 0 Å². The predicted molar refractivity (Wildman–Crippen MR) is 197 cm³/mol. The molecule has 0 saturated carbocycles. The van der Waals surface area contributed by atoms with E-state index >= 15 is 0 Å². The molecule has 0 N–H and O–H groups in total. The third-order valence-corrected chi connectivity index (χ3v) is 7.01. The van der Waals surface area contributed by atoms with Crippen LogP contribution in [0.4, 0.5) is 5.69 Å². The first-order valence-electron chi connectivity index (χ1n) is 15.9. The van der Waals surface area contributed by atoms with Crippen LogP contribution in [0.2, 0.25) is 0 Å². The smallest absolute Gasteiger partial charge is 0.674 e. The molecular weight excluding hydrogens is 624 g/mol. The molecule has 0 saturated heterocycles. The number of hydrogen-bond acceptors (Lipinski definition) is 1. The SMILES string of the molecule is CCCCN=C(C)C(C)(C)[N-]c1c(C(C)C)cccc1C(C)C.[CH2-]c1ccccc1.[CH2-]c1ccccc1.[CH2-]c1ccccc1.[Zr+4]. The number of benzene rings is 4. The van der Waals surface area contributed by atoms with Crippen molar-refractivity contribution in [3.05, 3.63) is 163 Å². The molecule has 4 aromatic carbocycles. The predicted octanol–water partition coefficient (Wildman–Crippen LogP) is 12.6. The second kappa shape index (κ2) is 23.2. The molecule has 45 heavy (non-hydrogen) atoms. The largest absolute Gasteiger partial charge is 4.00 e. The molecule has 0 bridgehead atoms. The Hall–Kier alpha value is -3.16. The van der Waals surface area contributed by atoms with Gasteiger partial charge in [-0.05, 0) is 30.9 Å². The Morgan fingerprint density at radius 1 is 0.644 bits per heavy atom. The maximum atomic E-state index is 5.18. The van der Waals surface area contributed by atoms with E-state index in [0.29, 0.717) is 11.8 Å². The van der Waals surface area contributed by atoms with Crippen molar-refractivity contribution in [2.24, 2.45) is 4.99 Å². The summed E-state index contributed by atoms with van der Waals surface area (Å²) in [5, 5.41) is 5.18. The zero-order valence-corrected chi connectivity index (χ0v) is 31.6. The fourth-order valence-corrected chi connectivity index (χ4v) is 4.03. The Morgan fingerprint density at radius 2 is 1.00 bits per heavy atom. The van der Waals surface area contributed by atoms with E-state index in [0.717, 1.165) is 35.4 Å². The van der Waals surface area contributed by atoms with E-state index in [1.807, 2.05) is 91.0 Å². The van der Waals surface area contributed by atoms with Gasteiger partial charge in [0.05, 0.1) is 0 Å². The van der Waals surface area contributed by atoms with Crippen LogP contribution in [0.25, 0.3) is 5.32 Å². The molecule has 2 nitrogen and oxygen atoms in total. The molecule has 0 spiro atoms. The Morgan fingerprint density at radius 3 is 1.27 bits per heavy atom. The Balaban J connectivity index is 0.000000703. The third-order valence-electron chi connectivity index (χ3n) is 7.01. The molecule has 4 aromatic rings. The van der Waals surface area contributed by atoms with E-state index in [1.54, 1.807) is 0 Å². The van der Waals surface area contributed by atoms with Gasteiger partial charge in [0.25, 0.3) is 0 Å². The van der Waals surface area contributed by atoms with Crippen molar-refractivity contribution in [1.82, 2.24) is 0 Å². The van der Waals surface area contributed by atoms with Crippen molar-refractivity contribution >= 4 is 11.4 Å². The number of aliphatic imine (C=N–C) groups is 1. The molecule has 3 heteroatoms. The Labute approximate surface area is 296 Å². The van der Waals surface area contributed by atoms with Crippen molar-refractivity contribution in [2.45, 2.75) is 85.6 Å². The Bertz CT molecular complexity index is 1200. The standard InChI is InChI=1S/C21H35N2.3C7H7.Zr/c1-9-10-14-22-17(6)21(7,8)23-20-18(15(2)3)12-11-13-19(20)16(4)5;3*1-7-5-3-2-4-6-7;/h11-13,15-16H,9-10,14H2,1-8H3;3*2-6H,1H2;/q4*-1;+4. The van der Waals surface area contributed by atoms with E-state index in [1.165, 1.54) is 23.2 Å². The minimum atomic E-state index is -0.262. The van der Waals surface area contributed by atoms with E-state index in [2.05, 4.69) is 94.4 Å². The van der Waals surface area contributed by atoms with Crippen molar-refractivity contribution in [2.75, 3.05) is 6.54 Å². The quantitative estimate of drug-likeness (QED) is 0.101. The van der Waals surface area contributed by atoms with Crippen molar-refractivity contribution < 1.29 is 26.2 Å². The van der Waals surface area contributed by atoms with Gasteiger partial charge in [-0.15, -0.1) is 42.1 Å². The molecular formula is C42H56N2Zr. The average molecular weight is 680 g/mol. The maximum absolute atomic E-state index is 5.18. The summed E-state index contributed by atoms with van der Waals surface area (Å²) in [5.74, 6) is 0.946. The fourth-order valence-electron chi connectivity index (χ4n) is 4.03. The topological polar surface area (TPSA) is 26.5 Å². The summed E-state index contributed by atoms with van der Waals surface area (Å²) < 4.78 is 0. The molecule has 0 atom stereocenters. The summed E-state index contributed by atoms with van der Waals surface area (Å²) in [6.45, 7) is 29.7. The first-order valence-corrected chi connectivity index (χ1v) is 15.9. The van der Waals surface area contributed by atoms with Gasteiger partial charge in [0.1, 0.15) is 0 Å². The zero-order valence-electron chi connectivity index (χ0n) is 29.2. The van der Waals surface area contributed by atoms with Crippen LogP contribution in [-0.4, -0.2) is 17.8 Å². The van der Waals surface area contributed by atoms with Crippen LogP contribution in [0.5, 0.6) is 0 Å². The van der Waals surface area contributed by atoms with E-state index < -0.39 is 0 Å². The summed E-state index contributed by atoms with van der Waals surface area (Å²) in [6, 6.07) is 36.2. The molecule has 0 aromatic heterocycles. The monoisotopic (exact) mass is 678 g/mol. The zero-order chi connectivity index (χ0) is 33.0.